The summed E-state index contributed by atoms with van der Waals surface area (Å²) >= 11 is 6.00. The summed E-state index contributed by atoms with van der Waals surface area (Å²) in [5.41, 5.74) is 1.08. The van der Waals surface area contributed by atoms with E-state index < -0.39 is 28.7 Å². The van der Waals surface area contributed by atoms with Crippen molar-refractivity contribution in [1.29, 1.82) is 0 Å². The third-order valence-electron chi connectivity index (χ3n) is 5.69. The molecule has 0 spiro atoms. The smallest absolute Gasteiger partial charge is 0.344 e. The van der Waals surface area contributed by atoms with Gasteiger partial charge in [0.05, 0.1) is 34.1 Å². The van der Waals surface area contributed by atoms with Crippen LogP contribution >= 0.6 is 11.6 Å². The Morgan fingerprint density at radius 3 is 2.67 bits per heavy atom. The van der Waals surface area contributed by atoms with Crippen LogP contribution in [0.25, 0.3) is 11.3 Å². The zero-order valence-electron chi connectivity index (χ0n) is 17.6. The Morgan fingerprint density at radius 1 is 1.15 bits per heavy atom. The van der Waals surface area contributed by atoms with Crippen molar-refractivity contribution in [3.05, 3.63) is 82.8 Å². The summed E-state index contributed by atoms with van der Waals surface area (Å²) in [5, 5.41) is 5.75. The maximum absolute atomic E-state index is 13.3. The number of benzene rings is 2. The van der Waals surface area contributed by atoms with Crippen LogP contribution in [0.15, 0.2) is 61.1 Å². The van der Waals surface area contributed by atoms with E-state index in [4.69, 9.17) is 11.6 Å². The third kappa shape index (κ3) is 5.34. The van der Waals surface area contributed by atoms with E-state index in [1.807, 2.05) is 24.3 Å². The fraction of sp³-hybridized carbons (Fsp3) is 0.292. The lowest BCUT2D eigenvalue weighted by Crippen LogP contribution is -2.46. The molecule has 1 saturated heterocycles. The summed E-state index contributed by atoms with van der Waals surface area (Å²) in [4.78, 5) is 21.5. The first-order valence-electron chi connectivity index (χ1n) is 10.6. The van der Waals surface area contributed by atoms with Crippen LogP contribution in [0.5, 0.6) is 0 Å². The number of halogens is 4. The van der Waals surface area contributed by atoms with Gasteiger partial charge < -0.3 is 10.6 Å². The summed E-state index contributed by atoms with van der Waals surface area (Å²) in [7, 11) is 0. The first kappa shape index (κ1) is 23.2. The largest absolute Gasteiger partial charge is 0.417 e. The van der Waals surface area contributed by atoms with Gasteiger partial charge >= 0.3 is 6.18 Å². The van der Waals surface area contributed by atoms with E-state index in [1.165, 1.54) is 12.1 Å². The highest BCUT2D eigenvalue weighted by Crippen LogP contribution is 2.36. The highest BCUT2D eigenvalue weighted by atomic mass is 35.5. The first-order chi connectivity index (χ1) is 15.8. The lowest BCUT2D eigenvalue weighted by atomic mass is 9.91. The van der Waals surface area contributed by atoms with E-state index in [1.54, 1.807) is 18.6 Å². The van der Waals surface area contributed by atoms with E-state index in [0.29, 0.717) is 5.69 Å². The standard InChI is InChI=1S/C24H22ClF3N4O/c25-21-17(7-4-8-18(21)24(26,27)28)23(33)32-22(19-9-1-2-10-30-19)16-6-3-5-15(13-16)20-14-29-11-12-31-20/h3-8,11-14,19,22,30H,1-2,9-10H2,(H,32,33)/t19-,22?/m0/s1. The van der Waals surface area contributed by atoms with Gasteiger partial charge in [-0.15, -0.1) is 0 Å². The van der Waals surface area contributed by atoms with Gasteiger partial charge in [-0.3, -0.25) is 14.8 Å². The fourth-order valence-corrected chi connectivity index (χ4v) is 4.38. The first-order valence-corrected chi connectivity index (χ1v) is 11.0. The number of piperidine rings is 1. The fourth-order valence-electron chi connectivity index (χ4n) is 4.06. The quantitative estimate of drug-likeness (QED) is 0.517. The molecule has 172 valence electrons. The Labute approximate surface area is 194 Å². The van der Waals surface area contributed by atoms with Crippen molar-refractivity contribution in [1.82, 2.24) is 20.6 Å². The van der Waals surface area contributed by atoms with Crippen LogP contribution in [0.2, 0.25) is 5.02 Å². The minimum atomic E-state index is -4.65. The van der Waals surface area contributed by atoms with Gasteiger partial charge in [0, 0.05) is 24.0 Å². The Bertz CT molecular complexity index is 1120. The second-order valence-corrected chi connectivity index (χ2v) is 8.27. The minimum Gasteiger partial charge on any atom is -0.344 e. The molecule has 2 heterocycles. The molecule has 9 heteroatoms. The van der Waals surface area contributed by atoms with Gasteiger partial charge in [0.25, 0.3) is 5.91 Å². The van der Waals surface area contributed by atoms with Crippen molar-refractivity contribution < 1.29 is 18.0 Å². The molecule has 1 amide bonds. The van der Waals surface area contributed by atoms with Gasteiger partial charge in [0.1, 0.15) is 0 Å². The van der Waals surface area contributed by atoms with Crippen LogP contribution in [-0.4, -0.2) is 28.5 Å². The van der Waals surface area contributed by atoms with Crippen LogP contribution in [0, 0.1) is 0 Å². The maximum atomic E-state index is 13.3. The summed E-state index contributed by atoms with van der Waals surface area (Å²) in [6, 6.07) is 10.4. The Balaban J connectivity index is 1.68. The van der Waals surface area contributed by atoms with Crippen molar-refractivity contribution in [3.63, 3.8) is 0 Å². The number of nitrogens with one attached hydrogen (secondary N) is 2. The second kappa shape index (κ2) is 9.89. The molecule has 1 aliphatic heterocycles. The predicted octanol–water partition coefficient (Wildman–Crippen LogP) is 5.43. The van der Waals surface area contributed by atoms with Gasteiger partial charge in [0.2, 0.25) is 0 Å². The van der Waals surface area contributed by atoms with Crippen molar-refractivity contribution in [3.8, 4) is 11.3 Å². The van der Waals surface area contributed by atoms with E-state index in [-0.39, 0.29) is 11.6 Å². The van der Waals surface area contributed by atoms with Crippen molar-refractivity contribution in [2.75, 3.05) is 6.54 Å². The van der Waals surface area contributed by atoms with Crippen LogP contribution < -0.4 is 10.6 Å². The lowest BCUT2D eigenvalue weighted by Gasteiger charge is -2.32. The van der Waals surface area contributed by atoms with Crippen molar-refractivity contribution >= 4 is 17.5 Å². The van der Waals surface area contributed by atoms with E-state index >= 15 is 0 Å². The van der Waals surface area contributed by atoms with Gasteiger partial charge in [0.15, 0.2) is 0 Å². The molecule has 3 aromatic rings. The predicted molar refractivity (Wildman–Crippen MR) is 120 cm³/mol. The number of rotatable bonds is 5. The molecule has 2 N–H and O–H groups in total. The number of aromatic nitrogens is 2. The molecule has 4 rings (SSSR count). The summed E-state index contributed by atoms with van der Waals surface area (Å²) in [6.45, 7) is 0.797. The molecular weight excluding hydrogens is 453 g/mol. The second-order valence-electron chi connectivity index (χ2n) is 7.89. The average molecular weight is 475 g/mol. The number of amides is 1. The Kier molecular flexibility index (Phi) is 6.95. The number of carbonyl (C=O) groups is 1. The van der Waals surface area contributed by atoms with E-state index in [0.717, 1.165) is 43.0 Å². The van der Waals surface area contributed by atoms with Gasteiger partial charge in [-0.2, -0.15) is 13.2 Å². The molecule has 0 saturated carbocycles. The van der Waals surface area contributed by atoms with E-state index in [9.17, 15) is 18.0 Å². The zero-order valence-corrected chi connectivity index (χ0v) is 18.3. The van der Waals surface area contributed by atoms with Gasteiger partial charge in [-0.1, -0.05) is 42.3 Å². The molecule has 1 unspecified atom stereocenters. The monoisotopic (exact) mass is 474 g/mol. The normalized spacial score (nSPS) is 17.4. The van der Waals surface area contributed by atoms with Gasteiger partial charge in [-0.25, -0.2) is 0 Å². The average Bonchev–Trinajstić information content (AvgIpc) is 2.83. The summed E-state index contributed by atoms with van der Waals surface area (Å²) in [6.07, 6.45) is 3.00. The number of nitrogens with zero attached hydrogens (tertiary/aromatic N) is 2. The SMILES string of the molecule is O=C(NC(c1cccc(-c2cnccn2)c1)[C@@H]1CCCCN1)c1cccc(C(F)(F)F)c1Cl. The summed E-state index contributed by atoms with van der Waals surface area (Å²) < 4.78 is 39.8. The number of carbonyl (C=O) groups excluding carboxylic acids is 1. The molecular formula is C24H22ClF3N4O. The highest BCUT2D eigenvalue weighted by molar-refractivity contribution is 6.34. The van der Waals surface area contributed by atoms with Crippen LogP contribution in [0.3, 0.4) is 0 Å². The highest BCUT2D eigenvalue weighted by Gasteiger charge is 2.35. The molecule has 1 aromatic heterocycles. The third-order valence-corrected chi connectivity index (χ3v) is 6.10. The van der Waals surface area contributed by atoms with Crippen LogP contribution in [0.1, 0.15) is 46.8 Å². The number of hydrogen-bond acceptors (Lipinski definition) is 4. The maximum Gasteiger partial charge on any atom is 0.417 e. The number of hydrogen-bond donors (Lipinski definition) is 2. The molecule has 0 aliphatic carbocycles. The molecule has 0 bridgehead atoms. The Hall–Kier alpha value is -2.97. The topological polar surface area (TPSA) is 66.9 Å². The van der Waals surface area contributed by atoms with Crippen LogP contribution in [-0.2, 0) is 6.18 Å². The Morgan fingerprint density at radius 2 is 1.97 bits per heavy atom. The number of alkyl halides is 3. The molecule has 5 nitrogen and oxygen atoms in total. The molecule has 1 fully saturated rings. The zero-order chi connectivity index (χ0) is 23.4. The van der Waals surface area contributed by atoms with Gasteiger partial charge in [-0.05, 0) is 43.1 Å². The molecule has 2 atom stereocenters. The molecule has 0 radical (unpaired) electrons. The summed E-state index contributed by atoms with van der Waals surface area (Å²) in [5.74, 6) is -0.659. The van der Waals surface area contributed by atoms with Crippen molar-refractivity contribution in [2.24, 2.45) is 0 Å². The lowest BCUT2D eigenvalue weighted by molar-refractivity contribution is -0.137. The molecule has 1 aliphatic rings. The van der Waals surface area contributed by atoms with Crippen LogP contribution in [0.4, 0.5) is 13.2 Å². The van der Waals surface area contributed by atoms with E-state index in [2.05, 4.69) is 20.6 Å². The molecule has 2 aromatic carbocycles. The minimum absolute atomic E-state index is 0.0793. The van der Waals surface area contributed by atoms with Crippen molar-refractivity contribution in [2.45, 2.75) is 37.5 Å². The molecule has 33 heavy (non-hydrogen) atoms.